The first kappa shape index (κ1) is 16.3. The monoisotopic (exact) mass is 282 g/mol. The van der Waals surface area contributed by atoms with Gasteiger partial charge in [0.1, 0.15) is 0 Å². The van der Waals surface area contributed by atoms with Crippen LogP contribution in [0, 0.1) is 0 Å². The summed E-state index contributed by atoms with van der Waals surface area (Å²) in [6.07, 6.45) is 8.72. The van der Waals surface area contributed by atoms with Crippen LogP contribution in [-0.4, -0.2) is 48.8 Å². The molecule has 2 unspecified atom stereocenters. The summed E-state index contributed by atoms with van der Waals surface area (Å²) in [7, 11) is 0. The van der Waals surface area contributed by atoms with E-state index in [4.69, 9.17) is 4.74 Å². The highest BCUT2D eigenvalue weighted by Crippen LogP contribution is 2.34. The van der Waals surface area contributed by atoms with Crippen molar-refractivity contribution in [1.29, 1.82) is 0 Å². The van der Waals surface area contributed by atoms with Gasteiger partial charge in [-0.25, -0.2) is 0 Å². The number of hydrogen-bond acceptors (Lipinski definition) is 3. The van der Waals surface area contributed by atoms with E-state index in [1.54, 1.807) is 0 Å². The third kappa shape index (κ3) is 3.96. The molecule has 2 aliphatic rings. The molecule has 3 nitrogen and oxygen atoms in total. The normalized spacial score (nSPS) is 31.4. The van der Waals surface area contributed by atoms with Crippen LogP contribution in [0.5, 0.6) is 0 Å². The molecule has 2 heterocycles. The molecule has 2 rings (SSSR count). The third-order valence-corrected chi connectivity index (χ3v) is 5.41. The van der Waals surface area contributed by atoms with E-state index >= 15 is 0 Å². The number of ether oxygens (including phenoxy) is 1. The molecule has 0 spiro atoms. The quantitative estimate of drug-likeness (QED) is 0.810. The van der Waals surface area contributed by atoms with Gasteiger partial charge in [-0.3, -0.25) is 4.90 Å². The zero-order valence-electron chi connectivity index (χ0n) is 13.8. The molecule has 0 saturated carbocycles. The summed E-state index contributed by atoms with van der Waals surface area (Å²) < 4.78 is 6.13. The molecule has 3 heteroatoms. The van der Waals surface area contributed by atoms with Crippen molar-refractivity contribution in [3.05, 3.63) is 0 Å². The average molecular weight is 282 g/mol. The van der Waals surface area contributed by atoms with Gasteiger partial charge in [0.05, 0.1) is 5.60 Å². The first-order valence-electron chi connectivity index (χ1n) is 8.84. The molecular weight excluding hydrogens is 248 g/mol. The second-order valence-corrected chi connectivity index (χ2v) is 6.67. The van der Waals surface area contributed by atoms with Crippen LogP contribution in [0.3, 0.4) is 0 Å². The summed E-state index contributed by atoms with van der Waals surface area (Å²) in [4.78, 5) is 2.75. The fourth-order valence-corrected chi connectivity index (χ4v) is 3.91. The summed E-state index contributed by atoms with van der Waals surface area (Å²) in [5.74, 6) is 0. The zero-order valence-corrected chi connectivity index (χ0v) is 13.8. The van der Waals surface area contributed by atoms with Crippen molar-refractivity contribution in [2.24, 2.45) is 0 Å². The second-order valence-electron chi connectivity index (χ2n) is 6.67. The highest BCUT2D eigenvalue weighted by molar-refractivity contribution is 4.91. The fraction of sp³-hybridized carbons (Fsp3) is 1.00. The van der Waals surface area contributed by atoms with Gasteiger partial charge in [-0.05, 0) is 58.0 Å². The Labute approximate surface area is 125 Å². The van der Waals surface area contributed by atoms with Gasteiger partial charge in [-0.15, -0.1) is 0 Å². The van der Waals surface area contributed by atoms with Crippen LogP contribution in [0.1, 0.15) is 65.7 Å². The summed E-state index contributed by atoms with van der Waals surface area (Å²) in [5.41, 5.74) is 0.159. The molecule has 20 heavy (non-hydrogen) atoms. The Bertz CT molecular complexity index is 278. The van der Waals surface area contributed by atoms with Gasteiger partial charge in [0.15, 0.2) is 0 Å². The first-order chi connectivity index (χ1) is 9.73. The van der Waals surface area contributed by atoms with Gasteiger partial charge in [0.25, 0.3) is 0 Å². The zero-order chi connectivity index (χ0) is 14.4. The summed E-state index contributed by atoms with van der Waals surface area (Å²) in [6.45, 7) is 11.5. The minimum atomic E-state index is 0.159. The lowest BCUT2D eigenvalue weighted by molar-refractivity contribution is -0.113. The number of likely N-dealkylation sites (tertiary alicyclic amines) is 1. The van der Waals surface area contributed by atoms with Crippen LogP contribution in [0.15, 0.2) is 0 Å². The number of nitrogens with zero attached hydrogens (tertiary/aromatic N) is 1. The molecule has 1 N–H and O–H groups in total. The van der Waals surface area contributed by atoms with Gasteiger partial charge in [0, 0.05) is 25.2 Å². The van der Waals surface area contributed by atoms with Gasteiger partial charge >= 0.3 is 0 Å². The topological polar surface area (TPSA) is 24.5 Å². The number of hydrogen-bond donors (Lipinski definition) is 1. The lowest BCUT2D eigenvalue weighted by atomic mass is 9.84. The molecule has 2 aliphatic heterocycles. The molecule has 2 saturated heterocycles. The molecular formula is C17H34N2O. The first-order valence-corrected chi connectivity index (χ1v) is 8.84. The maximum absolute atomic E-state index is 6.13. The second kappa shape index (κ2) is 7.77. The van der Waals surface area contributed by atoms with E-state index in [9.17, 15) is 0 Å². The van der Waals surface area contributed by atoms with Crippen molar-refractivity contribution in [2.75, 3.05) is 26.2 Å². The van der Waals surface area contributed by atoms with Gasteiger partial charge in [-0.2, -0.15) is 0 Å². The van der Waals surface area contributed by atoms with Crippen LogP contribution < -0.4 is 5.32 Å². The van der Waals surface area contributed by atoms with E-state index in [2.05, 4.69) is 31.0 Å². The molecule has 2 fully saturated rings. The molecule has 2 atom stereocenters. The minimum absolute atomic E-state index is 0.159. The van der Waals surface area contributed by atoms with Crippen molar-refractivity contribution < 1.29 is 4.74 Å². The maximum Gasteiger partial charge on any atom is 0.0692 e. The molecule has 0 radical (unpaired) electrons. The molecule has 0 aromatic carbocycles. The third-order valence-electron chi connectivity index (χ3n) is 5.41. The predicted octanol–water partition coefficient (Wildman–Crippen LogP) is 3.19. The van der Waals surface area contributed by atoms with Crippen molar-refractivity contribution in [3.63, 3.8) is 0 Å². The van der Waals surface area contributed by atoms with Crippen LogP contribution >= 0.6 is 0 Å². The Morgan fingerprint density at radius 1 is 1.20 bits per heavy atom. The van der Waals surface area contributed by atoms with Gasteiger partial charge in [0.2, 0.25) is 0 Å². The van der Waals surface area contributed by atoms with E-state index in [0.717, 1.165) is 25.5 Å². The number of piperidine rings is 1. The lowest BCUT2D eigenvalue weighted by Gasteiger charge is -2.46. The average Bonchev–Trinajstić information content (AvgIpc) is 2.53. The lowest BCUT2D eigenvalue weighted by Crippen LogP contribution is -2.54. The largest absolute Gasteiger partial charge is 0.375 e. The Balaban J connectivity index is 1.89. The SMILES string of the molecule is CCCNC1CCCN(C2CCOC(CC)(CC)C2)C1. The predicted molar refractivity (Wildman–Crippen MR) is 85.2 cm³/mol. The van der Waals surface area contributed by atoms with E-state index in [1.807, 2.05) is 0 Å². The van der Waals surface area contributed by atoms with E-state index in [-0.39, 0.29) is 5.60 Å². The van der Waals surface area contributed by atoms with Gasteiger partial charge in [-0.1, -0.05) is 20.8 Å². The van der Waals surface area contributed by atoms with E-state index < -0.39 is 0 Å². The number of nitrogens with one attached hydrogen (secondary N) is 1. The van der Waals surface area contributed by atoms with Crippen LogP contribution in [-0.2, 0) is 4.74 Å². The molecule has 0 bridgehead atoms. The van der Waals surface area contributed by atoms with E-state index in [0.29, 0.717) is 6.04 Å². The van der Waals surface area contributed by atoms with Crippen LogP contribution in [0.25, 0.3) is 0 Å². The Morgan fingerprint density at radius 3 is 2.70 bits per heavy atom. The smallest absolute Gasteiger partial charge is 0.0692 e. The Hall–Kier alpha value is -0.120. The summed E-state index contributed by atoms with van der Waals surface area (Å²) in [6, 6.07) is 1.46. The fourth-order valence-electron chi connectivity index (χ4n) is 3.91. The summed E-state index contributed by atoms with van der Waals surface area (Å²) in [5, 5.41) is 3.72. The van der Waals surface area contributed by atoms with Crippen LogP contribution in [0.2, 0.25) is 0 Å². The molecule has 0 aromatic heterocycles. The van der Waals surface area contributed by atoms with Crippen molar-refractivity contribution in [2.45, 2.75) is 83.4 Å². The minimum Gasteiger partial charge on any atom is -0.375 e. The highest BCUT2D eigenvalue weighted by Gasteiger charge is 2.37. The molecule has 0 aromatic rings. The highest BCUT2D eigenvalue weighted by atomic mass is 16.5. The van der Waals surface area contributed by atoms with Crippen molar-refractivity contribution in [1.82, 2.24) is 10.2 Å². The standard InChI is InChI=1S/C17H34N2O/c1-4-10-18-15-8-7-11-19(14-15)16-9-12-20-17(5-2,6-3)13-16/h15-16,18H,4-14H2,1-3H3. The summed E-state index contributed by atoms with van der Waals surface area (Å²) >= 11 is 0. The van der Waals surface area contributed by atoms with Gasteiger partial charge < -0.3 is 10.1 Å². The van der Waals surface area contributed by atoms with E-state index in [1.165, 1.54) is 51.7 Å². The molecule has 118 valence electrons. The Kier molecular flexibility index (Phi) is 6.31. The van der Waals surface area contributed by atoms with Crippen LogP contribution in [0.4, 0.5) is 0 Å². The number of rotatable bonds is 6. The van der Waals surface area contributed by atoms with Crippen molar-refractivity contribution >= 4 is 0 Å². The Morgan fingerprint density at radius 2 is 2.00 bits per heavy atom. The van der Waals surface area contributed by atoms with Crippen molar-refractivity contribution in [3.8, 4) is 0 Å². The molecule has 0 aliphatic carbocycles. The molecule has 0 amide bonds. The maximum atomic E-state index is 6.13.